The number of carbonyl (C=O) groups is 4. The van der Waals surface area contributed by atoms with Gasteiger partial charge in [0.15, 0.2) is 0 Å². The van der Waals surface area contributed by atoms with Crippen LogP contribution in [0.5, 0.6) is 0 Å². The van der Waals surface area contributed by atoms with Gasteiger partial charge in [0.1, 0.15) is 5.00 Å². The van der Waals surface area contributed by atoms with Gasteiger partial charge in [-0.15, -0.1) is 11.3 Å². The predicted molar refractivity (Wildman–Crippen MR) is 134 cm³/mol. The third-order valence-electron chi connectivity index (χ3n) is 6.55. The van der Waals surface area contributed by atoms with Gasteiger partial charge in [-0.25, -0.2) is 4.79 Å². The van der Waals surface area contributed by atoms with E-state index in [9.17, 15) is 19.2 Å². The lowest BCUT2D eigenvalue weighted by molar-refractivity contribution is -0.116. The molecule has 1 aromatic heterocycles. The number of amides is 3. The molecule has 8 heteroatoms. The van der Waals surface area contributed by atoms with E-state index in [1.807, 2.05) is 24.3 Å². The Bertz CT molecular complexity index is 1310. The zero-order valence-electron chi connectivity index (χ0n) is 19.5. The Labute approximate surface area is 207 Å². The highest BCUT2D eigenvalue weighted by Crippen LogP contribution is 2.38. The summed E-state index contributed by atoms with van der Waals surface area (Å²) in [6, 6.07) is 10.8. The smallest absolute Gasteiger partial charge is 0.341 e. The number of hydrogen-bond acceptors (Lipinski definition) is 6. The first kappa shape index (κ1) is 23.2. The van der Waals surface area contributed by atoms with Crippen molar-refractivity contribution >= 4 is 50.8 Å². The highest BCUT2D eigenvalue weighted by molar-refractivity contribution is 7.17. The van der Waals surface area contributed by atoms with Gasteiger partial charge in [0.2, 0.25) is 5.91 Å². The van der Waals surface area contributed by atoms with Crippen LogP contribution in [0.15, 0.2) is 36.4 Å². The summed E-state index contributed by atoms with van der Waals surface area (Å²) in [6.45, 7) is 2.17. The molecule has 3 amide bonds. The minimum Gasteiger partial charge on any atom is -0.462 e. The first-order chi connectivity index (χ1) is 17.0. The molecule has 0 radical (unpaired) electrons. The van der Waals surface area contributed by atoms with Gasteiger partial charge in [0.25, 0.3) is 11.8 Å². The number of thiophene rings is 1. The Morgan fingerprint density at radius 3 is 2.40 bits per heavy atom. The van der Waals surface area contributed by atoms with Crippen LogP contribution in [0, 0.1) is 0 Å². The fourth-order valence-electron chi connectivity index (χ4n) is 4.94. The number of esters is 1. The van der Waals surface area contributed by atoms with Crippen molar-refractivity contribution in [3.8, 4) is 0 Å². The summed E-state index contributed by atoms with van der Waals surface area (Å²) in [6.07, 6.45) is 4.23. The Balaban J connectivity index is 1.27. The van der Waals surface area contributed by atoms with E-state index in [0.717, 1.165) is 41.5 Å². The predicted octanol–water partition coefficient (Wildman–Crippen LogP) is 4.97. The number of anilines is 1. The summed E-state index contributed by atoms with van der Waals surface area (Å²) in [5, 5.41) is 4.97. The minimum absolute atomic E-state index is 0.119. The van der Waals surface area contributed by atoms with Crippen molar-refractivity contribution in [1.82, 2.24) is 4.90 Å². The normalized spacial score (nSPS) is 14.7. The molecule has 0 atom stereocenters. The molecule has 1 aliphatic carbocycles. The van der Waals surface area contributed by atoms with E-state index in [1.54, 1.807) is 19.1 Å². The topological polar surface area (TPSA) is 92.8 Å². The number of hydrogen-bond donors (Lipinski definition) is 1. The van der Waals surface area contributed by atoms with Gasteiger partial charge in [0.05, 0.1) is 12.2 Å². The van der Waals surface area contributed by atoms with Crippen molar-refractivity contribution in [1.29, 1.82) is 0 Å². The number of fused-ring (bicyclic) bond motifs is 1. The fourth-order valence-corrected chi connectivity index (χ4v) is 6.24. The van der Waals surface area contributed by atoms with E-state index in [4.69, 9.17) is 4.74 Å². The number of imide groups is 1. The van der Waals surface area contributed by atoms with Crippen LogP contribution in [-0.4, -0.2) is 41.7 Å². The second kappa shape index (κ2) is 9.62. The van der Waals surface area contributed by atoms with Gasteiger partial charge in [-0.3, -0.25) is 19.3 Å². The van der Waals surface area contributed by atoms with E-state index in [0.29, 0.717) is 33.5 Å². The second-order valence-electron chi connectivity index (χ2n) is 8.76. The Kier molecular flexibility index (Phi) is 6.38. The number of rotatable bonds is 7. The van der Waals surface area contributed by atoms with Crippen LogP contribution in [0.2, 0.25) is 0 Å². The SMILES string of the molecule is CCOC(=O)c1c(NC(=O)CCCN2C(=O)c3cccc4cccc(c34)C2=O)sc2c1CCCC2. The number of ether oxygens (including phenoxy) is 1. The van der Waals surface area contributed by atoms with Crippen LogP contribution in [-0.2, 0) is 22.4 Å². The van der Waals surface area contributed by atoms with E-state index in [1.165, 1.54) is 16.2 Å². The molecular formula is C27H26N2O5S. The van der Waals surface area contributed by atoms with Crippen molar-refractivity contribution < 1.29 is 23.9 Å². The fraction of sp³-hybridized carbons (Fsp3) is 0.333. The summed E-state index contributed by atoms with van der Waals surface area (Å²) in [5.41, 5.74) is 2.48. The highest BCUT2D eigenvalue weighted by atomic mass is 32.1. The molecule has 0 spiro atoms. The van der Waals surface area contributed by atoms with Gasteiger partial charge in [0, 0.05) is 34.4 Å². The van der Waals surface area contributed by atoms with E-state index in [-0.39, 0.29) is 37.3 Å². The molecular weight excluding hydrogens is 464 g/mol. The van der Waals surface area contributed by atoms with E-state index < -0.39 is 5.97 Å². The Hall–Kier alpha value is -3.52. The zero-order chi connectivity index (χ0) is 24.5. The quantitative estimate of drug-likeness (QED) is 0.373. The van der Waals surface area contributed by atoms with Crippen LogP contribution in [0.1, 0.15) is 74.1 Å². The van der Waals surface area contributed by atoms with E-state index >= 15 is 0 Å². The Morgan fingerprint density at radius 2 is 1.71 bits per heavy atom. The molecule has 2 heterocycles. The molecule has 0 unspecified atom stereocenters. The molecule has 35 heavy (non-hydrogen) atoms. The van der Waals surface area contributed by atoms with Gasteiger partial charge in [-0.05, 0) is 62.1 Å². The van der Waals surface area contributed by atoms with Gasteiger partial charge in [-0.2, -0.15) is 0 Å². The molecule has 180 valence electrons. The van der Waals surface area contributed by atoms with Crippen LogP contribution >= 0.6 is 11.3 Å². The molecule has 5 rings (SSSR count). The highest BCUT2D eigenvalue weighted by Gasteiger charge is 2.32. The van der Waals surface area contributed by atoms with Crippen molar-refractivity contribution in [2.24, 2.45) is 0 Å². The molecule has 2 aromatic carbocycles. The number of aryl methyl sites for hydroxylation is 1. The molecule has 1 N–H and O–H groups in total. The number of benzene rings is 2. The van der Waals surface area contributed by atoms with Crippen LogP contribution in [0.25, 0.3) is 10.8 Å². The minimum atomic E-state index is -0.403. The lowest BCUT2D eigenvalue weighted by atomic mass is 9.94. The maximum Gasteiger partial charge on any atom is 0.341 e. The summed E-state index contributed by atoms with van der Waals surface area (Å²) in [5.74, 6) is -1.33. The van der Waals surface area contributed by atoms with Gasteiger partial charge < -0.3 is 10.1 Å². The monoisotopic (exact) mass is 490 g/mol. The van der Waals surface area contributed by atoms with Crippen molar-refractivity contribution in [2.75, 3.05) is 18.5 Å². The average Bonchev–Trinajstić information content (AvgIpc) is 3.22. The van der Waals surface area contributed by atoms with Crippen LogP contribution in [0.3, 0.4) is 0 Å². The molecule has 0 fully saturated rings. The molecule has 7 nitrogen and oxygen atoms in total. The number of nitrogens with one attached hydrogen (secondary N) is 1. The molecule has 0 bridgehead atoms. The first-order valence-electron chi connectivity index (χ1n) is 12.0. The average molecular weight is 491 g/mol. The first-order valence-corrected chi connectivity index (χ1v) is 12.8. The molecule has 1 aliphatic heterocycles. The second-order valence-corrected chi connectivity index (χ2v) is 9.86. The maximum atomic E-state index is 13.0. The summed E-state index contributed by atoms with van der Waals surface area (Å²) in [7, 11) is 0. The van der Waals surface area contributed by atoms with Crippen molar-refractivity contribution in [3.05, 3.63) is 63.5 Å². The third-order valence-corrected chi connectivity index (χ3v) is 7.75. The van der Waals surface area contributed by atoms with Crippen LogP contribution in [0.4, 0.5) is 5.00 Å². The van der Waals surface area contributed by atoms with Crippen molar-refractivity contribution in [3.63, 3.8) is 0 Å². The third kappa shape index (κ3) is 4.23. The van der Waals surface area contributed by atoms with Gasteiger partial charge >= 0.3 is 5.97 Å². The van der Waals surface area contributed by atoms with Crippen molar-refractivity contribution in [2.45, 2.75) is 45.4 Å². The number of carbonyl (C=O) groups excluding carboxylic acids is 4. The number of nitrogens with zero attached hydrogens (tertiary/aromatic N) is 1. The van der Waals surface area contributed by atoms with Gasteiger partial charge in [-0.1, -0.05) is 24.3 Å². The summed E-state index contributed by atoms with van der Waals surface area (Å²) < 4.78 is 5.25. The lowest BCUT2D eigenvalue weighted by Gasteiger charge is -2.27. The molecule has 0 saturated heterocycles. The summed E-state index contributed by atoms with van der Waals surface area (Å²) >= 11 is 1.44. The largest absolute Gasteiger partial charge is 0.462 e. The summed E-state index contributed by atoms with van der Waals surface area (Å²) in [4.78, 5) is 53.8. The van der Waals surface area contributed by atoms with Crippen LogP contribution < -0.4 is 5.32 Å². The lowest BCUT2D eigenvalue weighted by Crippen LogP contribution is -2.41. The standard InChI is InChI=1S/C27H26N2O5S/c1-2-34-27(33)23-17-10-3-4-13-20(17)35-24(23)28-21(30)14-7-15-29-25(31)18-11-5-8-16-9-6-12-19(22(16)18)26(29)32/h5-6,8-9,11-12H,2-4,7,10,13-15H2,1H3,(H,28,30). The zero-order valence-corrected chi connectivity index (χ0v) is 20.3. The molecule has 2 aliphatic rings. The van der Waals surface area contributed by atoms with E-state index in [2.05, 4.69) is 5.32 Å². The molecule has 3 aromatic rings. The Morgan fingerprint density at radius 1 is 1.03 bits per heavy atom. The molecule has 0 saturated carbocycles. The maximum absolute atomic E-state index is 13.0.